The summed E-state index contributed by atoms with van der Waals surface area (Å²) in [6.07, 6.45) is 8.90. The van der Waals surface area contributed by atoms with Gasteiger partial charge in [-0.3, -0.25) is 9.97 Å². The third-order valence-corrected chi connectivity index (χ3v) is 4.95. The molecular weight excluding hydrogens is 280 g/mol. The minimum absolute atomic E-state index is 0.550. The first-order chi connectivity index (χ1) is 10.2. The molecule has 2 aromatic rings. The molecule has 1 atom stereocenters. The number of hydrogen-bond acceptors (Lipinski definition) is 5. The van der Waals surface area contributed by atoms with Gasteiger partial charge >= 0.3 is 0 Å². The maximum Gasteiger partial charge on any atom is 0.143 e. The third-order valence-electron chi connectivity index (χ3n) is 3.80. The highest BCUT2D eigenvalue weighted by molar-refractivity contribution is 7.15. The van der Waals surface area contributed by atoms with Gasteiger partial charge in [0, 0.05) is 29.7 Å². The van der Waals surface area contributed by atoms with Gasteiger partial charge < -0.3 is 5.32 Å². The molecule has 112 valence electrons. The predicted molar refractivity (Wildman–Crippen MR) is 86.5 cm³/mol. The van der Waals surface area contributed by atoms with Crippen LogP contribution in [0.1, 0.15) is 43.2 Å². The highest BCUT2D eigenvalue weighted by atomic mass is 32.1. The lowest BCUT2D eigenvalue weighted by molar-refractivity contribution is 0.473. The Labute approximate surface area is 130 Å². The summed E-state index contributed by atoms with van der Waals surface area (Å²) in [6.45, 7) is 6.60. The Kier molecular flexibility index (Phi) is 4.60. The topological polar surface area (TPSA) is 50.7 Å². The molecule has 0 amide bonds. The molecule has 3 rings (SSSR count). The number of aryl methyl sites for hydroxylation is 1. The highest BCUT2D eigenvalue weighted by Gasteiger charge is 2.25. The van der Waals surface area contributed by atoms with Crippen LogP contribution in [0.4, 0.5) is 0 Å². The van der Waals surface area contributed by atoms with Crippen molar-refractivity contribution >= 4 is 11.3 Å². The van der Waals surface area contributed by atoms with E-state index >= 15 is 0 Å². The van der Waals surface area contributed by atoms with Crippen LogP contribution in [0, 0.1) is 5.92 Å². The van der Waals surface area contributed by atoms with Crippen molar-refractivity contribution in [2.75, 3.05) is 13.1 Å². The second-order valence-corrected chi connectivity index (χ2v) is 7.14. The van der Waals surface area contributed by atoms with Crippen molar-refractivity contribution in [3.63, 3.8) is 0 Å². The maximum atomic E-state index is 4.88. The lowest BCUT2D eigenvalue weighted by Gasteiger charge is -2.22. The van der Waals surface area contributed by atoms with Gasteiger partial charge in [0.2, 0.25) is 0 Å². The highest BCUT2D eigenvalue weighted by Crippen LogP contribution is 2.37. The van der Waals surface area contributed by atoms with Gasteiger partial charge in [-0.25, -0.2) is 4.98 Å². The molecule has 0 aliphatic heterocycles. The van der Waals surface area contributed by atoms with Crippen LogP contribution < -0.4 is 5.32 Å². The monoisotopic (exact) mass is 302 g/mol. The summed E-state index contributed by atoms with van der Waals surface area (Å²) in [5.41, 5.74) is 2.19. The van der Waals surface area contributed by atoms with Crippen molar-refractivity contribution in [3.05, 3.63) is 29.2 Å². The Balaban J connectivity index is 1.77. The van der Waals surface area contributed by atoms with Crippen molar-refractivity contribution in [3.8, 4) is 10.7 Å². The lowest BCUT2D eigenvalue weighted by Crippen LogP contribution is -2.27. The standard InChI is InChI=1S/C16H22N4S/c1-11(2)8-18-9-12-4-3-5-14-15(12)20-16(21-14)13-10-17-6-7-19-13/h6-7,10-12,18H,3-5,8-9H2,1-2H3. The molecule has 0 saturated heterocycles. The van der Waals surface area contributed by atoms with Gasteiger partial charge in [-0.05, 0) is 31.7 Å². The van der Waals surface area contributed by atoms with Gasteiger partial charge in [-0.1, -0.05) is 13.8 Å². The van der Waals surface area contributed by atoms with E-state index in [9.17, 15) is 0 Å². The molecule has 1 N–H and O–H groups in total. The largest absolute Gasteiger partial charge is 0.316 e. The molecule has 1 aliphatic rings. The molecule has 1 unspecified atom stereocenters. The Hall–Kier alpha value is -1.33. The molecule has 4 nitrogen and oxygen atoms in total. The summed E-state index contributed by atoms with van der Waals surface area (Å²) in [4.78, 5) is 14.8. The minimum Gasteiger partial charge on any atom is -0.316 e. The van der Waals surface area contributed by atoms with Crippen LogP contribution in [0.25, 0.3) is 10.7 Å². The summed E-state index contributed by atoms with van der Waals surface area (Å²) in [7, 11) is 0. The fourth-order valence-corrected chi connectivity index (χ4v) is 3.92. The van der Waals surface area contributed by atoms with E-state index in [0.29, 0.717) is 11.8 Å². The average Bonchev–Trinajstić information content (AvgIpc) is 2.93. The van der Waals surface area contributed by atoms with E-state index in [2.05, 4.69) is 29.1 Å². The summed E-state index contributed by atoms with van der Waals surface area (Å²) in [5.74, 6) is 1.24. The van der Waals surface area contributed by atoms with Gasteiger partial charge in [-0.15, -0.1) is 11.3 Å². The zero-order valence-corrected chi connectivity index (χ0v) is 13.5. The first-order valence-electron chi connectivity index (χ1n) is 7.70. The van der Waals surface area contributed by atoms with Crippen molar-refractivity contribution < 1.29 is 0 Å². The van der Waals surface area contributed by atoms with Crippen molar-refractivity contribution in [1.29, 1.82) is 0 Å². The van der Waals surface area contributed by atoms with Crippen LogP contribution in [0.15, 0.2) is 18.6 Å². The normalized spacial score (nSPS) is 18.0. The molecule has 5 heteroatoms. The first-order valence-corrected chi connectivity index (χ1v) is 8.52. The molecule has 1 aliphatic carbocycles. The molecule has 21 heavy (non-hydrogen) atoms. The molecule has 0 aromatic carbocycles. The smallest absolute Gasteiger partial charge is 0.143 e. The number of nitrogens with zero attached hydrogens (tertiary/aromatic N) is 3. The maximum absolute atomic E-state index is 4.88. The minimum atomic E-state index is 0.550. The molecule has 0 spiro atoms. The van der Waals surface area contributed by atoms with Crippen LogP contribution >= 0.6 is 11.3 Å². The summed E-state index contributed by atoms with van der Waals surface area (Å²) in [5, 5.41) is 4.60. The SMILES string of the molecule is CC(C)CNCC1CCCc2sc(-c3cnccn3)nc21. The van der Waals surface area contributed by atoms with E-state index in [1.807, 2.05) is 0 Å². The zero-order chi connectivity index (χ0) is 14.7. The van der Waals surface area contributed by atoms with Gasteiger partial charge in [0.05, 0.1) is 11.9 Å². The van der Waals surface area contributed by atoms with Crippen LogP contribution in [0.3, 0.4) is 0 Å². The molecule has 0 bridgehead atoms. The van der Waals surface area contributed by atoms with Crippen LogP contribution in [-0.4, -0.2) is 28.0 Å². The predicted octanol–water partition coefficient (Wildman–Crippen LogP) is 3.27. The van der Waals surface area contributed by atoms with Gasteiger partial charge in [0.1, 0.15) is 10.7 Å². The summed E-state index contributed by atoms with van der Waals surface area (Å²) in [6, 6.07) is 0. The van der Waals surface area contributed by atoms with Gasteiger partial charge in [-0.2, -0.15) is 0 Å². The first kappa shape index (κ1) is 14.6. The number of fused-ring (bicyclic) bond motifs is 1. The van der Waals surface area contributed by atoms with E-state index in [1.54, 1.807) is 29.9 Å². The molecule has 0 fully saturated rings. The lowest BCUT2D eigenvalue weighted by atomic mass is 9.91. The molecular formula is C16H22N4S. The van der Waals surface area contributed by atoms with Gasteiger partial charge in [0.15, 0.2) is 0 Å². The average molecular weight is 302 g/mol. The molecule has 0 radical (unpaired) electrons. The Morgan fingerprint density at radius 1 is 1.38 bits per heavy atom. The van der Waals surface area contributed by atoms with Crippen LogP contribution in [0.5, 0.6) is 0 Å². The van der Waals surface area contributed by atoms with Gasteiger partial charge in [0.25, 0.3) is 0 Å². The van der Waals surface area contributed by atoms with Crippen LogP contribution in [0.2, 0.25) is 0 Å². The molecule has 0 saturated carbocycles. The van der Waals surface area contributed by atoms with E-state index in [4.69, 9.17) is 4.98 Å². The number of thiazole rings is 1. The number of rotatable bonds is 5. The van der Waals surface area contributed by atoms with Crippen LogP contribution in [-0.2, 0) is 6.42 Å². The molecule has 2 aromatic heterocycles. The Morgan fingerprint density at radius 2 is 2.29 bits per heavy atom. The number of hydrogen-bond donors (Lipinski definition) is 1. The van der Waals surface area contributed by atoms with Crippen molar-refractivity contribution in [2.24, 2.45) is 5.92 Å². The summed E-state index contributed by atoms with van der Waals surface area (Å²) < 4.78 is 0. The zero-order valence-electron chi connectivity index (χ0n) is 12.7. The Morgan fingerprint density at radius 3 is 3.05 bits per heavy atom. The fourth-order valence-electron chi connectivity index (χ4n) is 2.77. The van der Waals surface area contributed by atoms with E-state index in [1.165, 1.54) is 23.4 Å². The van der Waals surface area contributed by atoms with E-state index in [0.717, 1.165) is 30.2 Å². The van der Waals surface area contributed by atoms with Crippen molar-refractivity contribution in [2.45, 2.75) is 39.0 Å². The van der Waals surface area contributed by atoms with E-state index in [-0.39, 0.29) is 0 Å². The second kappa shape index (κ2) is 6.62. The second-order valence-electron chi connectivity index (χ2n) is 6.06. The third kappa shape index (κ3) is 3.47. The van der Waals surface area contributed by atoms with Crippen molar-refractivity contribution in [1.82, 2.24) is 20.3 Å². The number of nitrogens with one attached hydrogen (secondary N) is 1. The van der Waals surface area contributed by atoms with E-state index < -0.39 is 0 Å². The number of aromatic nitrogens is 3. The molecule has 2 heterocycles. The summed E-state index contributed by atoms with van der Waals surface area (Å²) >= 11 is 1.79. The fraction of sp³-hybridized carbons (Fsp3) is 0.562. The Bertz CT molecular complexity index is 579. The quantitative estimate of drug-likeness (QED) is 0.921.